The van der Waals surface area contributed by atoms with E-state index in [2.05, 4.69) is 15.4 Å². The van der Waals surface area contributed by atoms with Gasteiger partial charge in [0.25, 0.3) is 5.56 Å². The van der Waals surface area contributed by atoms with Gasteiger partial charge in [-0.3, -0.25) is 14.8 Å². The van der Waals surface area contributed by atoms with E-state index in [1.807, 2.05) is 12.1 Å². The van der Waals surface area contributed by atoms with E-state index in [4.69, 9.17) is 26.7 Å². The molecule has 44 heavy (non-hydrogen) atoms. The fraction of sp³-hybridized carbons (Fsp3) is 0.323. The van der Waals surface area contributed by atoms with Gasteiger partial charge in [0.1, 0.15) is 23.7 Å². The molecule has 13 heteroatoms. The highest BCUT2D eigenvalue weighted by molar-refractivity contribution is 7.89. The molecule has 2 unspecified atom stereocenters. The predicted molar refractivity (Wildman–Crippen MR) is 171 cm³/mol. The zero-order valence-corrected chi connectivity index (χ0v) is 26.0. The Labute approximate surface area is 261 Å². The minimum absolute atomic E-state index is 0.115. The molecule has 232 valence electrons. The number of hydrogen-bond acceptors (Lipinski definition) is 7. The molecule has 2 heterocycles. The summed E-state index contributed by atoms with van der Waals surface area (Å²) < 4.78 is 49.7. The molecule has 0 spiro atoms. The van der Waals surface area contributed by atoms with Gasteiger partial charge in [0.15, 0.2) is 5.84 Å². The normalized spacial score (nSPS) is 15.2. The van der Waals surface area contributed by atoms with Crippen molar-refractivity contribution in [3.63, 3.8) is 0 Å². The van der Waals surface area contributed by atoms with E-state index in [0.717, 1.165) is 24.5 Å². The largest absolute Gasteiger partial charge is 0.593 e. The number of ether oxygens (including phenoxy) is 1. The number of rotatable bonds is 9. The van der Waals surface area contributed by atoms with Crippen LogP contribution < -0.4 is 20.9 Å². The van der Waals surface area contributed by atoms with Crippen molar-refractivity contribution in [1.82, 2.24) is 19.6 Å². The fourth-order valence-corrected chi connectivity index (χ4v) is 6.34. The van der Waals surface area contributed by atoms with Crippen molar-refractivity contribution in [2.45, 2.75) is 31.2 Å². The highest BCUT2D eigenvalue weighted by atomic mass is 35.5. The Balaban J connectivity index is 1.76. The van der Waals surface area contributed by atoms with Gasteiger partial charge in [-0.1, -0.05) is 17.7 Å². The number of likely N-dealkylation sites (N-methyl/N-ethyl adjacent to an activating group) is 1. The van der Waals surface area contributed by atoms with Crippen LogP contribution in [0.4, 0.5) is 14.5 Å². The molecule has 1 fully saturated rings. The number of hydrogen-bond donors (Lipinski definition) is 4. The molecule has 1 aliphatic heterocycles. The van der Waals surface area contributed by atoms with Gasteiger partial charge in [0.2, 0.25) is 0 Å². The first-order chi connectivity index (χ1) is 21.1. The van der Waals surface area contributed by atoms with E-state index in [-0.39, 0.29) is 34.3 Å². The Hall–Kier alpha value is -3.55. The van der Waals surface area contributed by atoms with Gasteiger partial charge < -0.3 is 19.9 Å². The van der Waals surface area contributed by atoms with Crippen LogP contribution in [-0.4, -0.2) is 53.5 Å². The van der Waals surface area contributed by atoms with Crippen molar-refractivity contribution < 1.29 is 18.1 Å². The Morgan fingerprint density at radius 1 is 1.16 bits per heavy atom. The van der Waals surface area contributed by atoms with Crippen LogP contribution in [0.5, 0.6) is 0 Å². The molecule has 1 aromatic heterocycles. The van der Waals surface area contributed by atoms with Crippen molar-refractivity contribution in [1.29, 1.82) is 5.41 Å². The summed E-state index contributed by atoms with van der Waals surface area (Å²) in [4.78, 5) is 19.4. The second-order valence-corrected chi connectivity index (χ2v) is 12.1. The molecule has 0 aliphatic carbocycles. The molecule has 4 N–H and O–H groups in total. The third-order valence-corrected chi connectivity index (χ3v) is 8.56. The Kier molecular flexibility index (Phi) is 9.86. The van der Waals surface area contributed by atoms with Crippen molar-refractivity contribution in [3.8, 4) is 5.69 Å². The summed E-state index contributed by atoms with van der Waals surface area (Å²) in [5.74, 6) is -1.06. The first-order valence-corrected chi connectivity index (χ1v) is 16.0. The highest BCUT2D eigenvalue weighted by Crippen LogP contribution is 2.34. The van der Waals surface area contributed by atoms with Crippen molar-refractivity contribution in [3.05, 3.63) is 98.1 Å². The van der Waals surface area contributed by atoms with Crippen LogP contribution >= 0.6 is 11.6 Å². The van der Waals surface area contributed by atoms with Crippen LogP contribution in [0.25, 0.3) is 16.6 Å². The van der Waals surface area contributed by atoms with Crippen LogP contribution in [0.3, 0.4) is 0 Å². The van der Waals surface area contributed by atoms with Gasteiger partial charge in [-0.25, -0.2) is 13.8 Å². The second-order valence-electron chi connectivity index (χ2n) is 10.6. The zero-order chi connectivity index (χ0) is 31.5. The molecule has 0 saturated carbocycles. The van der Waals surface area contributed by atoms with Gasteiger partial charge in [0, 0.05) is 26.3 Å². The Bertz CT molecular complexity index is 1740. The summed E-state index contributed by atoms with van der Waals surface area (Å²) in [6.45, 7) is 1.33. The summed E-state index contributed by atoms with van der Waals surface area (Å²) in [6, 6.07) is 11.5. The fourth-order valence-electron chi connectivity index (χ4n) is 5.70. The number of nitrogens with one attached hydrogen (secondary N) is 4. The van der Waals surface area contributed by atoms with Crippen LogP contribution in [-0.2, 0) is 22.5 Å². The van der Waals surface area contributed by atoms with Gasteiger partial charge in [-0.15, -0.1) is 0 Å². The molecule has 3 aromatic carbocycles. The zero-order valence-electron chi connectivity index (χ0n) is 24.5. The number of fused-ring (bicyclic) bond motifs is 1. The lowest BCUT2D eigenvalue weighted by Crippen LogP contribution is -2.33. The highest BCUT2D eigenvalue weighted by Gasteiger charge is 2.26. The summed E-state index contributed by atoms with van der Waals surface area (Å²) in [5, 5.41) is 15.3. The SMILES string of the molecule is CNc1c(-n2c(C(Cc3cc(F)cc(F)c3)NC)nc3cc(C4CCOCC4)ccc3c2=O)ccc(Cl)c1C(=N)N[S+](C)[O-]. The number of halogens is 3. The lowest BCUT2D eigenvalue weighted by atomic mass is 9.91. The molecular weight excluding hydrogens is 610 g/mol. The molecule has 2 atom stereocenters. The van der Waals surface area contributed by atoms with E-state index >= 15 is 0 Å². The van der Waals surface area contributed by atoms with Crippen molar-refractivity contribution in [2.24, 2.45) is 0 Å². The molecule has 0 radical (unpaired) electrons. The quantitative estimate of drug-likeness (QED) is 0.115. The molecule has 1 saturated heterocycles. The predicted octanol–water partition coefficient (Wildman–Crippen LogP) is 4.96. The summed E-state index contributed by atoms with van der Waals surface area (Å²) in [5.41, 5.74) is 2.43. The topological polar surface area (TPSA) is 127 Å². The molecule has 5 rings (SSSR count). The summed E-state index contributed by atoms with van der Waals surface area (Å²) in [7, 11) is 3.31. The van der Waals surface area contributed by atoms with Gasteiger partial charge in [-0.2, -0.15) is 4.72 Å². The molecule has 0 bridgehead atoms. The van der Waals surface area contributed by atoms with Crippen LogP contribution in [0.2, 0.25) is 5.02 Å². The third kappa shape index (κ3) is 6.59. The molecule has 4 aromatic rings. The second kappa shape index (κ2) is 13.6. The number of anilines is 1. The third-order valence-electron chi connectivity index (χ3n) is 7.75. The van der Waals surface area contributed by atoms with Gasteiger partial charge in [-0.05, 0) is 79.8 Å². The summed E-state index contributed by atoms with van der Waals surface area (Å²) >= 11 is 4.97. The van der Waals surface area contributed by atoms with Gasteiger partial charge >= 0.3 is 0 Å². The van der Waals surface area contributed by atoms with E-state index in [1.54, 1.807) is 32.3 Å². The Morgan fingerprint density at radius 3 is 2.50 bits per heavy atom. The molecular formula is C31H33ClF2N6O3S. The first-order valence-electron chi connectivity index (χ1n) is 14.1. The standard InChI is InChI=1S/C31H33ClF2N6O3S/c1-36-25(14-17-12-20(33)16-21(34)13-17)30-38-24-15-19(18-8-10-43-11-9-18)4-5-22(24)31(41)40(30)26-7-6-23(32)27(28(26)37-2)29(35)39-44(3)42/h4-7,12-13,15-16,18,25,36-37H,8-11,14H2,1-3H3,(H2,35,39). The minimum Gasteiger partial charge on any atom is -0.593 e. The molecule has 0 amide bonds. The average Bonchev–Trinajstić information content (AvgIpc) is 2.99. The average molecular weight is 643 g/mol. The minimum atomic E-state index is -1.55. The van der Waals surface area contributed by atoms with Crippen LogP contribution in [0, 0.1) is 17.0 Å². The summed E-state index contributed by atoms with van der Waals surface area (Å²) in [6.07, 6.45) is 3.23. The number of aromatic nitrogens is 2. The molecule has 9 nitrogen and oxygen atoms in total. The van der Waals surface area contributed by atoms with Crippen molar-refractivity contribution >= 4 is 45.4 Å². The lowest BCUT2D eigenvalue weighted by molar-refractivity contribution is 0.0853. The molecule has 1 aliphatic rings. The van der Waals surface area contributed by atoms with E-state index < -0.39 is 29.0 Å². The van der Waals surface area contributed by atoms with E-state index in [1.165, 1.54) is 23.0 Å². The van der Waals surface area contributed by atoms with Crippen LogP contribution in [0.15, 0.2) is 53.3 Å². The van der Waals surface area contributed by atoms with E-state index in [0.29, 0.717) is 46.9 Å². The number of benzene rings is 3. The van der Waals surface area contributed by atoms with Gasteiger partial charge in [0.05, 0.1) is 50.3 Å². The van der Waals surface area contributed by atoms with Crippen molar-refractivity contribution in [2.75, 3.05) is 38.9 Å². The van der Waals surface area contributed by atoms with Crippen LogP contribution in [0.1, 0.15) is 47.3 Å². The smallest absolute Gasteiger partial charge is 0.266 e. The van der Waals surface area contributed by atoms with E-state index in [9.17, 15) is 18.1 Å². The monoisotopic (exact) mass is 642 g/mol. The number of nitrogens with zero attached hydrogens (tertiary/aromatic N) is 2. The maximum absolute atomic E-state index is 14.4. The maximum atomic E-state index is 14.4. The number of amidine groups is 1. The maximum Gasteiger partial charge on any atom is 0.266 e. The first kappa shape index (κ1) is 31.9. The lowest BCUT2D eigenvalue weighted by Gasteiger charge is -2.25. The Morgan fingerprint density at radius 2 is 1.86 bits per heavy atom.